The molecular weight excluding hydrogens is 420 g/mol. The number of Topliss-reactive ketones (excluding diaryl/α,β-unsaturated/α-hetero) is 1. The minimum Gasteiger partial charge on any atom is -0.507 e. The van der Waals surface area contributed by atoms with Crippen LogP contribution in [0, 0.1) is 6.92 Å². The zero-order valence-electron chi connectivity index (χ0n) is 18.6. The summed E-state index contributed by atoms with van der Waals surface area (Å²) in [4.78, 5) is 32.0. The molecule has 1 unspecified atom stereocenters. The molecule has 7 nitrogen and oxygen atoms in total. The van der Waals surface area contributed by atoms with E-state index in [1.54, 1.807) is 68.9 Å². The second-order valence-electron chi connectivity index (χ2n) is 7.71. The molecule has 0 bridgehead atoms. The summed E-state index contributed by atoms with van der Waals surface area (Å²) < 4.78 is 10.8. The maximum absolute atomic E-state index is 13.2. The number of ether oxygens (including phenoxy) is 2. The van der Waals surface area contributed by atoms with Crippen LogP contribution in [-0.4, -0.2) is 40.9 Å². The number of aliphatic hydroxyl groups excluding tert-OH is 1. The summed E-state index contributed by atoms with van der Waals surface area (Å²) in [6.07, 6.45) is 3.29. The van der Waals surface area contributed by atoms with E-state index >= 15 is 0 Å². The van der Waals surface area contributed by atoms with Gasteiger partial charge < -0.3 is 19.5 Å². The Morgan fingerprint density at radius 2 is 1.85 bits per heavy atom. The van der Waals surface area contributed by atoms with E-state index in [4.69, 9.17) is 9.47 Å². The van der Waals surface area contributed by atoms with E-state index in [1.165, 1.54) is 12.0 Å². The van der Waals surface area contributed by atoms with Crippen LogP contribution in [0.1, 0.15) is 28.3 Å². The van der Waals surface area contributed by atoms with Crippen molar-refractivity contribution in [1.29, 1.82) is 0 Å². The summed E-state index contributed by atoms with van der Waals surface area (Å²) in [6, 6.07) is 15.1. The third kappa shape index (κ3) is 4.05. The number of carbonyl (C=O) groups excluding carboxylic acids is 2. The molecule has 1 aliphatic rings. The number of ketones is 1. The summed E-state index contributed by atoms with van der Waals surface area (Å²) in [5.74, 6) is -0.539. The Bertz CT molecular complexity index is 1240. The number of amides is 1. The molecule has 1 amide bonds. The molecule has 0 radical (unpaired) electrons. The quantitative estimate of drug-likeness (QED) is 0.351. The molecule has 1 atom stereocenters. The highest BCUT2D eigenvalue weighted by atomic mass is 16.5. The Morgan fingerprint density at radius 3 is 2.52 bits per heavy atom. The molecule has 1 fully saturated rings. The van der Waals surface area contributed by atoms with E-state index in [0.29, 0.717) is 28.2 Å². The van der Waals surface area contributed by atoms with E-state index in [1.807, 2.05) is 12.1 Å². The lowest BCUT2D eigenvalue weighted by molar-refractivity contribution is -0.140. The molecular formula is C26H24N2O5. The van der Waals surface area contributed by atoms with Crippen molar-refractivity contribution in [2.45, 2.75) is 19.5 Å². The molecule has 0 saturated carbocycles. The van der Waals surface area contributed by atoms with Crippen molar-refractivity contribution in [3.8, 4) is 11.5 Å². The van der Waals surface area contributed by atoms with Gasteiger partial charge in [0.1, 0.15) is 17.3 Å². The lowest BCUT2D eigenvalue weighted by Crippen LogP contribution is -2.29. The van der Waals surface area contributed by atoms with E-state index < -0.39 is 17.7 Å². The van der Waals surface area contributed by atoms with Gasteiger partial charge in [-0.1, -0.05) is 24.3 Å². The van der Waals surface area contributed by atoms with Crippen LogP contribution in [0.5, 0.6) is 11.5 Å². The Kier molecular flexibility index (Phi) is 6.13. The van der Waals surface area contributed by atoms with Crippen LogP contribution in [0.2, 0.25) is 0 Å². The fourth-order valence-corrected chi connectivity index (χ4v) is 4.12. The van der Waals surface area contributed by atoms with Crippen molar-refractivity contribution in [2.75, 3.05) is 14.2 Å². The maximum Gasteiger partial charge on any atom is 0.295 e. The van der Waals surface area contributed by atoms with Crippen LogP contribution in [0.3, 0.4) is 0 Å². The molecule has 1 saturated heterocycles. The first-order valence-electron chi connectivity index (χ1n) is 10.4. The summed E-state index contributed by atoms with van der Waals surface area (Å²) in [6.45, 7) is 1.96. The second kappa shape index (κ2) is 9.16. The molecule has 0 aliphatic carbocycles. The Hall–Kier alpha value is -4.13. The van der Waals surface area contributed by atoms with Gasteiger partial charge in [0, 0.05) is 30.1 Å². The summed E-state index contributed by atoms with van der Waals surface area (Å²) in [5.41, 5.74) is 2.55. The molecule has 2 heterocycles. The number of aliphatic hydroxyl groups is 1. The van der Waals surface area contributed by atoms with Crippen LogP contribution in [-0.2, 0) is 16.1 Å². The first kappa shape index (κ1) is 22.1. The second-order valence-corrected chi connectivity index (χ2v) is 7.71. The van der Waals surface area contributed by atoms with Crippen LogP contribution in [0.15, 0.2) is 72.6 Å². The predicted octanol–water partition coefficient (Wildman–Crippen LogP) is 4.03. The molecule has 1 aromatic heterocycles. The average molecular weight is 444 g/mol. The number of carbonyl (C=O) groups is 2. The van der Waals surface area contributed by atoms with Gasteiger partial charge in [-0.05, 0) is 48.4 Å². The van der Waals surface area contributed by atoms with Crippen LogP contribution in [0.25, 0.3) is 5.76 Å². The zero-order chi connectivity index (χ0) is 23.5. The lowest BCUT2D eigenvalue weighted by atomic mass is 9.93. The van der Waals surface area contributed by atoms with E-state index in [0.717, 1.165) is 5.56 Å². The Labute approximate surface area is 191 Å². The minimum atomic E-state index is -0.831. The van der Waals surface area contributed by atoms with Crippen molar-refractivity contribution >= 4 is 17.4 Å². The number of aromatic nitrogens is 1. The molecule has 7 heteroatoms. The van der Waals surface area contributed by atoms with Gasteiger partial charge in [-0.2, -0.15) is 0 Å². The molecule has 1 N–H and O–H groups in total. The van der Waals surface area contributed by atoms with Gasteiger partial charge in [0.25, 0.3) is 11.7 Å². The number of aryl methyl sites for hydroxylation is 1. The minimum absolute atomic E-state index is 0.0154. The molecule has 0 spiro atoms. The monoisotopic (exact) mass is 444 g/mol. The molecule has 1 aliphatic heterocycles. The average Bonchev–Trinajstić information content (AvgIpc) is 3.09. The number of likely N-dealkylation sites (tertiary alicyclic amines) is 1. The van der Waals surface area contributed by atoms with Gasteiger partial charge in [-0.15, -0.1) is 0 Å². The van der Waals surface area contributed by atoms with Gasteiger partial charge >= 0.3 is 0 Å². The fraction of sp³-hybridized carbons (Fsp3) is 0.192. The first-order valence-corrected chi connectivity index (χ1v) is 10.4. The van der Waals surface area contributed by atoms with Crippen molar-refractivity contribution in [3.63, 3.8) is 0 Å². The van der Waals surface area contributed by atoms with E-state index in [2.05, 4.69) is 4.98 Å². The van der Waals surface area contributed by atoms with E-state index in [-0.39, 0.29) is 17.9 Å². The van der Waals surface area contributed by atoms with E-state index in [9.17, 15) is 14.7 Å². The third-order valence-electron chi connectivity index (χ3n) is 5.74. The molecule has 168 valence electrons. The van der Waals surface area contributed by atoms with Crippen molar-refractivity contribution in [2.24, 2.45) is 0 Å². The molecule has 3 aromatic rings. The zero-order valence-corrected chi connectivity index (χ0v) is 18.6. The highest BCUT2D eigenvalue weighted by Crippen LogP contribution is 2.43. The largest absolute Gasteiger partial charge is 0.507 e. The van der Waals surface area contributed by atoms with Gasteiger partial charge in [0.2, 0.25) is 0 Å². The van der Waals surface area contributed by atoms with Crippen LogP contribution < -0.4 is 9.47 Å². The number of benzene rings is 2. The molecule has 4 rings (SSSR count). The topological polar surface area (TPSA) is 89.0 Å². The number of para-hydroxylation sites is 1. The molecule has 2 aromatic carbocycles. The smallest absolute Gasteiger partial charge is 0.295 e. The number of hydrogen-bond donors (Lipinski definition) is 1. The van der Waals surface area contributed by atoms with Crippen molar-refractivity contribution < 1.29 is 24.2 Å². The summed E-state index contributed by atoms with van der Waals surface area (Å²) >= 11 is 0. The standard InChI is InChI=1S/C26H24N2O5/c1-16-13-18(32-2)10-11-19(16)24(29)22-23(20-8-4-5-9-21(20)33-3)28(26(31)25(22)30)15-17-7-6-12-27-14-17/h4-14,23,29H,15H2,1-3H3/b24-22+. The van der Waals surface area contributed by atoms with Crippen molar-refractivity contribution in [3.05, 3.63) is 94.8 Å². The normalized spacial score (nSPS) is 17.3. The Balaban J connectivity index is 1.91. The number of methoxy groups -OCH3 is 2. The number of hydrogen-bond acceptors (Lipinski definition) is 6. The van der Waals surface area contributed by atoms with Crippen molar-refractivity contribution in [1.82, 2.24) is 9.88 Å². The third-order valence-corrected chi connectivity index (χ3v) is 5.74. The van der Waals surface area contributed by atoms with Gasteiger partial charge in [0.05, 0.1) is 25.8 Å². The van der Waals surface area contributed by atoms with Gasteiger partial charge in [-0.3, -0.25) is 14.6 Å². The molecule has 33 heavy (non-hydrogen) atoms. The summed E-state index contributed by atoms with van der Waals surface area (Å²) in [5, 5.41) is 11.3. The number of pyridine rings is 1. The Morgan fingerprint density at radius 1 is 1.06 bits per heavy atom. The number of rotatable bonds is 6. The highest BCUT2D eigenvalue weighted by Gasteiger charge is 2.47. The van der Waals surface area contributed by atoms with Crippen LogP contribution in [0.4, 0.5) is 0 Å². The van der Waals surface area contributed by atoms with Gasteiger partial charge in [-0.25, -0.2) is 0 Å². The predicted molar refractivity (Wildman–Crippen MR) is 123 cm³/mol. The summed E-state index contributed by atoms with van der Waals surface area (Å²) in [7, 11) is 3.08. The number of nitrogens with zero attached hydrogens (tertiary/aromatic N) is 2. The van der Waals surface area contributed by atoms with Crippen LogP contribution >= 0.6 is 0 Å². The maximum atomic E-state index is 13.2. The first-order chi connectivity index (χ1) is 16.0. The van der Waals surface area contributed by atoms with Gasteiger partial charge in [0.15, 0.2) is 0 Å². The highest BCUT2D eigenvalue weighted by molar-refractivity contribution is 6.46. The SMILES string of the molecule is COc1ccc(/C(O)=C2\C(=O)C(=O)N(Cc3cccnc3)C2c2ccccc2OC)c(C)c1. The fourth-order valence-electron chi connectivity index (χ4n) is 4.12. The lowest BCUT2D eigenvalue weighted by Gasteiger charge is -2.26.